The van der Waals surface area contributed by atoms with Crippen LogP contribution in [0.4, 0.5) is 0 Å². The first-order chi connectivity index (χ1) is 4.34. The molecular formula is C7H7N. The molecule has 0 amide bonds. The van der Waals surface area contributed by atoms with Gasteiger partial charge in [0.1, 0.15) is 0 Å². The van der Waals surface area contributed by atoms with Crippen LogP contribution in [0, 0.1) is 0 Å². The van der Waals surface area contributed by atoms with Crippen LogP contribution in [0.5, 0.6) is 0 Å². The smallest absolute Gasteiger partial charge is 0.0846 e. The van der Waals surface area contributed by atoms with E-state index >= 15 is 0 Å². The third-order valence-electron chi connectivity index (χ3n) is 0.850. The van der Waals surface area contributed by atoms with Gasteiger partial charge in [-0.1, -0.05) is 18.7 Å². The molecule has 0 aliphatic carbocycles. The van der Waals surface area contributed by atoms with Crippen LogP contribution in [0.1, 0.15) is 6.93 Å². The average Bonchev–Trinajstić information content (AvgIpc) is 1.89. The van der Waals surface area contributed by atoms with E-state index in [9.17, 15) is 0 Å². The third-order valence-corrected chi connectivity index (χ3v) is 0.850. The average molecular weight is 106 g/mol. The minimum absolute atomic E-state index is 0.285. The van der Waals surface area contributed by atoms with E-state index in [0.717, 1.165) is 5.56 Å². The Morgan fingerprint density at radius 1 is 1.88 bits per heavy atom. The predicted octanol–water partition coefficient (Wildman–Crippen LogP) is 1.72. The van der Waals surface area contributed by atoms with Crippen molar-refractivity contribution in [3.63, 3.8) is 0 Å². The highest BCUT2D eigenvalue weighted by molar-refractivity contribution is 5.44. The van der Waals surface area contributed by atoms with Crippen molar-refractivity contribution in [2.45, 2.75) is 0 Å². The molecule has 1 heteroatoms. The van der Waals surface area contributed by atoms with Gasteiger partial charge in [0.15, 0.2) is 0 Å². The highest BCUT2D eigenvalue weighted by Crippen LogP contribution is 1.94. The first-order valence-corrected chi connectivity index (χ1v) is 2.38. The maximum Gasteiger partial charge on any atom is 0.0846 e. The summed E-state index contributed by atoms with van der Waals surface area (Å²) in [5, 5.41) is 0. The molecule has 8 heavy (non-hydrogen) atoms. The number of rotatable bonds is 1. The molecule has 1 aromatic heterocycles. The molecule has 0 atom stereocenters. The van der Waals surface area contributed by atoms with Gasteiger partial charge in [-0.25, -0.2) is 0 Å². The van der Waals surface area contributed by atoms with Gasteiger partial charge in [-0.3, -0.25) is 4.98 Å². The summed E-state index contributed by atoms with van der Waals surface area (Å²) in [5.74, 6) is 0. The van der Waals surface area contributed by atoms with Crippen molar-refractivity contribution in [2.24, 2.45) is 0 Å². The summed E-state index contributed by atoms with van der Waals surface area (Å²) in [6, 6.07) is 3.59. The number of hydrogen-bond donors (Lipinski definition) is 0. The van der Waals surface area contributed by atoms with E-state index in [4.69, 9.17) is 1.37 Å². The first kappa shape index (κ1) is 3.84. The van der Waals surface area contributed by atoms with E-state index in [1.54, 1.807) is 18.3 Å². The van der Waals surface area contributed by atoms with Crippen molar-refractivity contribution in [2.75, 3.05) is 0 Å². The van der Waals surface area contributed by atoms with Crippen LogP contribution in [-0.2, 0) is 0 Å². The highest BCUT2D eigenvalue weighted by atomic mass is 14.6. The molecule has 1 nitrogen and oxygen atoms in total. The quantitative estimate of drug-likeness (QED) is 0.531. The van der Waals surface area contributed by atoms with Crippen LogP contribution in [-0.4, -0.2) is 4.98 Å². The van der Waals surface area contributed by atoms with E-state index in [0.29, 0.717) is 0 Å². The molecule has 0 fully saturated rings. The molecule has 0 N–H and O–H groups in total. The molecule has 0 saturated heterocycles. The summed E-state index contributed by atoms with van der Waals surface area (Å²) in [6.07, 6.45) is 3.50. The number of aromatic nitrogens is 1. The van der Waals surface area contributed by atoms with E-state index in [1.165, 1.54) is 0 Å². The minimum Gasteiger partial charge on any atom is -0.264 e. The van der Waals surface area contributed by atoms with Gasteiger partial charge < -0.3 is 0 Å². The lowest BCUT2D eigenvalue weighted by Gasteiger charge is -1.84. The van der Waals surface area contributed by atoms with E-state index in [1.807, 2.05) is 6.07 Å². The van der Waals surface area contributed by atoms with E-state index in [2.05, 4.69) is 11.6 Å². The second kappa shape index (κ2) is 2.26. The van der Waals surface area contributed by atoms with Gasteiger partial charge >= 0.3 is 0 Å². The number of hydrogen-bond acceptors (Lipinski definition) is 1. The molecule has 0 spiro atoms. The second-order valence-corrected chi connectivity index (χ2v) is 1.41. The monoisotopic (exact) mass is 106 g/mol. The summed E-state index contributed by atoms with van der Waals surface area (Å²) < 4.78 is 7.19. The minimum atomic E-state index is 0.285. The summed E-state index contributed by atoms with van der Waals surface area (Å²) in [5.41, 5.74) is 0.775. The molecule has 0 bridgehead atoms. The fraction of sp³-hybridized carbons (Fsp3) is 0. The Morgan fingerprint density at radius 3 is 3.25 bits per heavy atom. The van der Waals surface area contributed by atoms with Crippen molar-refractivity contribution in [1.82, 2.24) is 4.98 Å². The summed E-state index contributed by atoms with van der Waals surface area (Å²) in [4.78, 5) is 3.75. The van der Waals surface area contributed by atoms with Crippen LogP contribution in [0.2, 0.25) is 0 Å². The molecule has 0 saturated carbocycles. The third kappa shape index (κ3) is 0.936. The summed E-state index contributed by atoms with van der Waals surface area (Å²) in [6.45, 7) is 3.53. The van der Waals surface area contributed by atoms with Crippen LogP contribution in [0.15, 0.2) is 31.1 Å². The Morgan fingerprint density at radius 2 is 2.75 bits per heavy atom. The molecule has 0 aliphatic rings. The summed E-state index contributed by atoms with van der Waals surface area (Å²) in [7, 11) is 0. The normalized spacial score (nSPS) is 10.2. The van der Waals surface area contributed by atoms with E-state index < -0.39 is 0 Å². The van der Waals surface area contributed by atoms with Crippen LogP contribution in [0.25, 0.3) is 6.08 Å². The van der Waals surface area contributed by atoms with Crippen LogP contribution < -0.4 is 0 Å². The number of pyridine rings is 1. The van der Waals surface area contributed by atoms with Crippen LogP contribution >= 0.6 is 0 Å². The Labute approximate surface area is 50.1 Å². The van der Waals surface area contributed by atoms with E-state index in [-0.39, 0.29) is 6.17 Å². The maximum atomic E-state index is 7.19. The fourth-order valence-corrected chi connectivity index (χ4v) is 0.452. The van der Waals surface area contributed by atoms with Crippen molar-refractivity contribution < 1.29 is 1.37 Å². The van der Waals surface area contributed by atoms with Gasteiger partial charge in [-0.15, -0.1) is 0 Å². The second-order valence-electron chi connectivity index (χ2n) is 1.41. The first-order valence-electron chi connectivity index (χ1n) is 2.88. The van der Waals surface area contributed by atoms with Gasteiger partial charge in [0.25, 0.3) is 0 Å². The Balaban J connectivity index is 3.15. The molecule has 0 radical (unpaired) electrons. The zero-order valence-corrected chi connectivity index (χ0v) is 4.46. The van der Waals surface area contributed by atoms with Gasteiger partial charge in [-0.2, -0.15) is 0 Å². The van der Waals surface area contributed by atoms with Gasteiger partial charge in [0.05, 0.1) is 1.37 Å². The van der Waals surface area contributed by atoms with Crippen molar-refractivity contribution in [3.8, 4) is 0 Å². The predicted molar refractivity (Wildman–Crippen MR) is 34.3 cm³/mol. The van der Waals surface area contributed by atoms with Crippen molar-refractivity contribution in [3.05, 3.63) is 36.6 Å². The maximum absolute atomic E-state index is 7.19. The fourth-order valence-electron chi connectivity index (χ4n) is 0.452. The van der Waals surface area contributed by atoms with Crippen molar-refractivity contribution in [1.29, 1.82) is 0 Å². The molecule has 1 aromatic rings. The molecule has 0 unspecified atom stereocenters. The zero-order chi connectivity index (χ0) is 6.69. The largest absolute Gasteiger partial charge is 0.264 e. The molecular weight excluding hydrogens is 98.1 g/mol. The Bertz CT molecular complexity index is 220. The lowest BCUT2D eigenvalue weighted by molar-refractivity contribution is 1.32. The van der Waals surface area contributed by atoms with Gasteiger partial charge in [0.2, 0.25) is 0 Å². The highest BCUT2D eigenvalue weighted by Gasteiger charge is 1.77. The molecule has 0 aliphatic heterocycles. The Hall–Kier alpha value is -1.11. The SMILES string of the molecule is [2H]c1ncccc1C=C. The Kier molecular flexibility index (Phi) is 1.09. The topological polar surface area (TPSA) is 12.9 Å². The lowest BCUT2D eigenvalue weighted by Crippen LogP contribution is -1.70. The molecule has 0 aromatic carbocycles. The van der Waals surface area contributed by atoms with Gasteiger partial charge in [0, 0.05) is 12.4 Å². The zero-order valence-electron chi connectivity index (χ0n) is 5.46. The van der Waals surface area contributed by atoms with Crippen LogP contribution in [0.3, 0.4) is 0 Å². The molecule has 40 valence electrons. The molecule has 1 heterocycles. The number of nitrogens with zero attached hydrogens (tertiary/aromatic N) is 1. The molecule has 1 rings (SSSR count). The standard InChI is InChI=1S/C7H7N/c1-2-7-4-3-5-8-6-7/h2-6H,1H2/i6D. The lowest BCUT2D eigenvalue weighted by atomic mass is 10.3. The summed E-state index contributed by atoms with van der Waals surface area (Å²) >= 11 is 0. The van der Waals surface area contributed by atoms with Gasteiger partial charge in [-0.05, 0) is 11.6 Å². The van der Waals surface area contributed by atoms with Crippen molar-refractivity contribution >= 4 is 6.08 Å².